The number of hydrogen-bond donors (Lipinski definition) is 0. The molecule has 7 nitrogen and oxygen atoms in total. The maximum Gasteiger partial charge on any atom is 0.295 e. The SMILES string of the molecule is CCCCCOc1ccc(C2c3c(oc4ccc(F)cc4c3=O)C(=O)N2c2ccc(OCC)cc2)cc1OCC. The first-order valence-electron chi connectivity index (χ1n) is 13.7. The molecule has 1 aromatic heterocycles. The molecule has 0 saturated heterocycles. The molecule has 8 heteroatoms. The standard InChI is InChI=1S/C32H32FNO6/c1-4-7-8-17-39-26-15-9-20(18-27(26)38-6-3)29-28-30(35)24-19-21(33)10-16-25(24)40-31(28)32(36)34(29)22-11-13-23(14-12-22)37-5-2/h9-16,18-19,29H,4-8,17H2,1-3H3. The minimum Gasteiger partial charge on any atom is -0.494 e. The topological polar surface area (TPSA) is 78.2 Å². The first-order chi connectivity index (χ1) is 19.5. The molecule has 1 aliphatic heterocycles. The zero-order valence-electron chi connectivity index (χ0n) is 22.9. The van der Waals surface area contributed by atoms with Crippen molar-refractivity contribution in [2.45, 2.75) is 46.1 Å². The number of ether oxygens (including phenoxy) is 3. The van der Waals surface area contributed by atoms with Crippen molar-refractivity contribution < 1.29 is 27.8 Å². The number of anilines is 1. The van der Waals surface area contributed by atoms with Gasteiger partial charge >= 0.3 is 0 Å². The Morgan fingerprint density at radius 2 is 1.62 bits per heavy atom. The van der Waals surface area contributed by atoms with E-state index in [1.807, 2.05) is 19.9 Å². The van der Waals surface area contributed by atoms with Gasteiger partial charge in [-0.1, -0.05) is 25.8 Å². The van der Waals surface area contributed by atoms with Crippen LogP contribution in [0.4, 0.5) is 10.1 Å². The maximum atomic E-state index is 14.1. The Morgan fingerprint density at radius 3 is 2.35 bits per heavy atom. The van der Waals surface area contributed by atoms with Gasteiger partial charge in [-0.25, -0.2) is 4.39 Å². The molecule has 3 aromatic carbocycles. The monoisotopic (exact) mass is 545 g/mol. The van der Waals surface area contributed by atoms with Crippen molar-refractivity contribution >= 4 is 22.6 Å². The van der Waals surface area contributed by atoms with Crippen molar-refractivity contribution in [3.8, 4) is 17.2 Å². The third-order valence-electron chi connectivity index (χ3n) is 6.85. The average Bonchev–Trinajstić information content (AvgIpc) is 3.25. The number of amides is 1. The van der Waals surface area contributed by atoms with Crippen LogP contribution in [0.25, 0.3) is 11.0 Å². The molecule has 0 spiro atoms. The van der Waals surface area contributed by atoms with Crippen LogP contribution in [0.15, 0.2) is 69.9 Å². The molecule has 2 heterocycles. The van der Waals surface area contributed by atoms with E-state index in [4.69, 9.17) is 18.6 Å². The van der Waals surface area contributed by atoms with Crippen LogP contribution in [-0.4, -0.2) is 25.7 Å². The van der Waals surface area contributed by atoms with Crippen LogP contribution in [-0.2, 0) is 0 Å². The van der Waals surface area contributed by atoms with E-state index < -0.39 is 23.2 Å². The van der Waals surface area contributed by atoms with Crippen LogP contribution >= 0.6 is 0 Å². The Bertz CT molecular complexity index is 1580. The van der Waals surface area contributed by atoms with Crippen LogP contribution in [0.3, 0.4) is 0 Å². The van der Waals surface area contributed by atoms with Gasteiger partial charge in [0.1, 0.15) is 17.1 Å². The molecular weight excluding hydrogens is 513 g/mol. The molecule has 0 fully saturated rings. The summed E-state index contributed by atoms with van der Waals surface area (Å²) < 4.78 is 37.6. The molecule has 0 N–H and O–H groups in total. The van der Waals surface area contributed by atoms with Gasteiger partial charge in [0, 0.05) is 5.69 Å². The molecular formula is C32H32FNO6. The second-order valence-electron chi connectivity index (χ2n) is 9.51. The summed E-state index contributed by atoms with van der Waals surface area (Å²) in [4.78, 5) is 29.2. The molecule has 1 aliphatic rings. The Hall–Kier alpha value is -4.33. The van der Waals surface area contributed by atoms with E-state index >= 15 is 0 Å². The van der Waals surface area contributed by atoms with Gasteiger partial charge in [-0.05, 0) is 80.4 Å². The summed E-state index contributed by atoms with van der Waals surface area (Å²) >= 11 is 0. The zero-order chi connectivity index (χ0) is 28.2. The molecule has 1 amide bonds. The normalized spacial score (nSPS) is 14.4. The third-order valence-corrected chi connectivity index (χ3v) is 6.85. The molecule has 40 heavy (non-hydrogen) atoms. The second-order valence-corrected chi connectivity index (χ2v) is 9.51. The number of rotatable bonds is 11. The van der Waals surface area contributed by atoms with Crippen molar-refractivity contribution in [2.24, 2.45) is 0 Å². The summed E-state index contributed by atoms with van der Waals surface area (Å²) in [7, 11) is 0. The highest BCUT2D eigenvalue weighted by Gasteiger charge is 2.44. The first kappa shape index (κ1) is 27.2. The fourth-order valence-corrected chi connectivity index (χ4v) is 5.01. The quantitative estimate of drug-likeness (QED) is 0.188. The van der Waals surface area contributed by atoms with E-state index in [-0.39, 0.29) is 22.3 Å². The lowest BCUT2D eigenvalue weighted by Gasteiger charge is -2.26. The lowest BCUT2D eigenvalue weighted by Crippen LogP contribution is -2.29. The summed E-state index contributed by atoms with van der Waals surface area (Å²) in [5, 5.41) is 0.0750. The number of halogens is 1. The Balaban J connectivity index is 1.66. The minimum absolute atomic E-state index is 0.0687. The zero-order valence-corrected chi connectivity index (χ0v) is 22.9. The number of benzene rings is 3. The van der Waals surface area contributed by atoms with Crippen LogP contribution in [0.2, 0.25) is 0 Å². The summed E-state index contributed by atoms with van der Waals surface area (Å²) in [5.74, 6) is 0.663. The van der Waals surface area contributed by atoms with E-state index in [0.29, 0.717) is 48.3 Å². The van der Waals surface area contributed by atoms with E-state index in [1.54, 1.807) is 36.4 Å². The van der Waals surface area contributed by atoms with Crippen molar-refractivity contribution in [1.82, 2.24) is 0 Å². The smallest absolute Gasteiger partial charge is 0.295 e. The van der Waals surface area contributed by atoms with E-state index in [9.17, 15) is 14.0 Å². The van der Waals surface area contributed by atoms with Gasteiger partial charge in [0.05, 0.1) is 36.8 Å². The second kappa shape index (κ2) is 11.8. The van der Waals surface area contributed by atoms with Crippen LogP contribution < -0.4 is 24.5 Å². The minimum atomic E-state index is -0.835. The first-order valence-corrected chi connectivity index (χ1v) is 13.7. The summed E-state index contributed by atoms with van der Waals surface area (Å²) in [5.41, 5.74) is 1.03. The largest absolute Gasteiger partial charge is 0.494 e. The van der Waals surface area contributed by atoms with Crippen LogP contribution in [0.1, 0.15) is 67.8 Å². The molecule has 0 aliphatic carbocycles. The molecule has 1 atom stereocenters. The summed E-state index contributed by atoms with van der Waals surface area (Å²) in [6, 6.07) is 15.4. The number of hydrogen-bond acceptors (Lipinski definition) is 6. The highest BCUT2D eigenvalue weighted by Crippen LogP contribution is 2.43. The lowest BCUT2D eigenvalue weighted by molar-refractivity contribution is 0.0971. The molecule has 4 aromatic rings. The van der Waals surface area contributed by atoms with Gasteiger partial charge in [-0.2, -0.15) is 0 Å². The van der Waals surface area contributed by atoms with Crippen molar-refractivity contribution in [2.75, 3.05) is 24.7 Å². The van der Waals surface area contributed by atoms with Gasteiger partial charge in [0.25, 0.3) is 5.91 Å². The van der Waals surface area contributed by atoms with Gasteiger partial charge in [0.2, 0.25) is 5.76 Å². The van der Waals surface area contributed by atoms with E-state index in [1.165, 1.54) is 17.0 Å². The maximum absolute atomic E-state index is 14.1. The van der Waals surface area contributed by atoms with Crippen molar-refractivity contribution in [1.29, 1.82) is 0 Å². The summed E-state index contributed by atoms with van der Waals surface area (Å²) in [6.45, 7) is 7.36. The Kier molecular flexibility index (Phi) is 8.05. The van der Waals surface area contributed by atoms with Gasteiger partial charge in [-0.15, -0.1) is 0 Å². The summed E-state index contributed by atoms with van der Waals surface area (Å²) in [6.07, 6.45) is 3.06. The molecule has 1 unspecified atom stereocenters. The van der Waals surface area contributed by atoms with Gasteiger partial charge in [0.15, 0.2) is 16.9 Å². The predicted molar refractivity (Wildman–Crippen MR) is 151 cm³/mol. The highest BCUT2D eigenvalue weighted by atomic mass is 19.1. The van der Waals surface area contributed by atoms with Crippen LogP contribution in [0.5, 0.6) is 17.2 Å². The van der Waals surface area contributed by atoms with Gasteiger partial charge in [-0.3, -0.25) is 14.5 Å². The fourth-order valence-electron chi connectivity index (χ4n) is 5.01. The molecule has 0 saturated carbocycles. The number of fused-ring (bicyclic) bond motifs is 2. The molecule has 5 rings (SSSR count). The van der Waals surface area contributed by atoms with E-state index in [2.05, 4.69) is 6.92 Å². The highest BCUT2D eigenvalue weighted by molar-refractivity contribution is 6.10. The molecule has 0 radical (unpaired) electrons. The number of nitrogens with zero attached hydrogens (tertiary/aromatic N) is 1. The Morgan fingerprint density at radius 1 is 0.850 bits per heavy atom. The van der Waals surface area contributed by atoms with Crippen molar-refractivity contribution in [3.05, 3.63) is 93.6 Å². The predicted octanol–water partition coefficient (Wildman–Crippen LogP) is 7.05. The lowest BCUT2D eigenvalue weighted by atomic mass is 9.97. The van der Waals surface area contributed by atoms with Gasteiger partial charge < -0.3 is 18.6 Å². The average molecular weight is 546 g/mol. The number of carbonyl (C=O) groups is 1. The van der Waals surface area contributed by atoms with Crippen LogP contribution in [0, 0.1) is 5.82 Å². The Labute approximate surface area is 232 Å². The molecule has 208 valence electrons. The van der Waals surface area contributed by atoms with Crippen molar-refractivity contribution in [3.63, 3.8) is 0 Å². The number of carbonyl (C=O) groups excluding carboxylic acids is 1. The third kappa shape index (κ3) is 5.13. The molecule has 0 bridgehead atoms. The van der Waals surface area contributed by atoms with E-state index in [0.717, 1.165) is 25.3 Å². The fraction of sp³-hybridized carbons (Fsp3) is 0.312. The number of unbranched alkanes of at least 4 members (excludes halogenated alkanes) is 2.